The molecule has 1 aromatic heterocycles. The maximum Gasteiger partial charge on any atom is 0.284 e. The van der Waals surface area contributed by atoms with E-state index in [1.165, 1.54) is 36.2 Å². The molecule has 1 amide bonds. The number of benzene rings is 1. The van der Waals surface area contributed by atoms with E-state index in [9.17, 15) is 14.9 Å². The van der Waals surface area contributed by atoms with Crippen LogP contribution in [0.2, 0.25) is 0 Å². The zero-order valence-corrected chi connectivity index (χ0v) is 14.9. The van der Waals surface area contributed by atoms with Gasteiger partial charge in [-0.1, -0.05) is 32.5 Å². The molecule has 0 unspecified atom stereocenters. The summed E-state index contributed by atoms with van der Waals surface area (Å²) in [5.41, 5.74) is 0.160. The Labute approximate surface area is 142 Å². The number of nitrogens with one attached hydrogen (secondary N) is 1. The number of carbonyl (C=O) groups excluding carboxylic acids is 1. The molecule has 0 aliphatic heterocycles. The first-order valence-corrected chi connectivity index (χ1v) is 8.50. The average Bonchev–Trinajstić information content (AvgIpc) is 2.95. The molecular weight excluding hydrogens is 334 g/mol. The Hall–Kier alpha value is -1.93. The number of rotatable bonds is 4. The lowest BCUT2D eigenvalue weighted by Crippen LogP contribution is -2.17. The minimum absolute atomic E-state index is 0.00845. The van der Waals surface area contributed by atoms with Crippen LogP contribution in [0.3, 0.4) is 0 Å². The predicted octanol–water partition coefficient (Wildman–Crippen LogP) is 3.86. The summed E-state index contributed by atoms with van der Waals surface area (Å²) < 4.78 is 0.741. The smallest absolute Gasteiger partial charge is 0.284 e. The molecule has 0 aliphatic rings. The second-order valence-corrected chi connectivity index (χ2v) is 8.18. The van der Waals surface area contributed by atoms with Crippen LogP contribution in [0.15, 0.2) is 33.6 Å². The van der Waals surface area contributed by atoms with E-state index < -0.39 is 4.92 Å². The van der Waals surface area contributed by atoms with E-state index in [1.54, 1.807) is 18.3 Å². The van der Waals surface area contributed by atoms with Crippen molar-refractivity contribution in [1.82, 2.24) is 10.3 Å². The van der Waals surface area contributed by atoms with Gasteiger partial charge in [0.1, 0.15) is 0 Å². The first-order valence-electron chi connectivity index (χ1n) is 6.87. The molecule has 1 N–H and O–H groups in total. The van der Waals surface area contributed by atoms with Crippen molar-refractivity contribution in [2.45, 2.75) is 35.4 Å². The van der Waals surface area contributed by atoms with E-state index >= 15 is 0 Å². The van der Waals surface area contributed by atoms with Crippen LogP contribution >= 0.6 is 23.1 Å². The molecule has 0 saturated heterocycles. The highest BCUT2D eigenvalue weighted by Crippen LogP contribution is 2.39. The van der Waals surface area contributed by atoms with Crippen LogP contribution in [-0.2, 0) is 5.41 Å². The number of carbonyl (C=O) groups is 1. The zero-order chi connectivity index (χ0) is 17.2. The Morgan fingerprint density at radius 3 is 2.61 bits per heavy atom. The fourth-order valence-electron chi connectivity index (χ4n) is 1.78. The van der Waals surface area contributed by atoms with Gasteiger partial charge in [0.25, 0.3) is 11.6 Å². The van der Waals surface area contributed by atoms with Gasteiger partial charge in [0.2, 0.25) is 0 Å². The molecule has 122 valence electrons. The van der Waals surface area contributed by atoms with Gasteiger partial charge >= 0.3 is 0 Å². The number of amides is 1. The van der Waals surface area contributed by atoms with Gasteiger partial charge in [-0.15, -0.1) is 11.3 Å². The molecule has 0 radical (unpaired) electrons. The van der Waals surface area contributed by atoms with E-state index in [2.05, 4.69) is 31.1 Å². The molecule has 1 aromatic carbocycles. The lowest BCUT2D eigenvalue weighted by molar-refractivity contribution is -0.387. The highest BCUT2D eigenvalue weighted by Gasteiger charge is 2.21. The summed E-state index contributed by atoms with van der Waals surface area (Å²) in [7, 11) is 1.49. The maximum atomic E-state index is 11.6. The minimum atomic E-state index is -0.479. The zero-order valence-electron chi connectivity index (χ0n) is 13.2. The standard InChI is InChI=1S/C15H17N3O3S2/c1-15(2,3)12-8-17-14(23-12)22-11-6-5-9(13(19)16-4)7-10(11)18(20)21/h5-8H,1-4H3,(H,16,19). The van der Waals surface area contributed by atoms with Crippen molar-refractivity contribution in [3.63, 3.8) is 0 Å². The van der Waals surface area contributed by atoms with E-state index in [-0.39, 0.29) is 22.6 Å². The van der Waals surface area contributed by atoms with Gasteiger partial charge in [-0.3, -0.25) is 14.9 Å². The summed E-state index contributed by atoms with van der Waals surface area (Å²) in [6, 6.07) is 4.46. The van der Waals surface area contributed by atoms with Gasteiger partial charge < -0.3 is 5.32 Å². The Balaban J connectivity index is 2.34. The fourth-order valence-corrected chi connectivity index (χ4v) is 3.86. The van der Waals surface area contributed by atoms with E-state index in [0.29, 0.717) is 4.90 Å². The molecule has 2 rings (SSSR count). The molecule has 0 atom stereocenters. The topological polar surface area (TPSA) is 85.1 Å². The molecule has 0 fully saturated rings. The molecule has 1 heterocycles. The molecule has 2 aromatic rings. The highest BCUT2D eigenvalue weighted by atomic mass is 32.2. The van der Waals surface area contributed by atoms with Gasteiger partial charge in [-0.25, -0.2) is 4.98 Å². The number of hydrogen-bond acceptors (Lipinski definition) is 6. The third kappa shape index (κ3) is 4.08. The third-order valence-corrected chi connectivity index (χ3v) is 5.63. The monoisotopic (exact) mass is 351 g/mol. The lowest BCUT2D eigenvalue weighted by Gasteiger charge is -2.14. The van der Waals surface area contributed by atoms with Crippen molar-refractivity contribution in [1.29, 1.82) is 0 Å². The van der Waals surface area contributed by atoms with Crippen molar-refractivity contribution in [2.24, 2.45) is 0 Å². The number of thiazole rings is 1. The molecule has 0 spiro atoms. The van der Waals surface area contributed by atoms with Crippen LogP contribution in [-0.4, -0.2) is 22.9 Å². The van der Waals surface area contributed by atoms with E-state index in [4.69, 9.17) is 0 Å². The highest BCUT2D eigenvalue weighted by molar-refractivity contribution is 8.01. The summed E-state index contributed by atoms with van der Waals surface area (Å²) in [5.74, 6) is -0.353. The van der Waals surface area contributed by atoms with Crippen LogP contribution < -0.4 is 5.32 Å². The van der Waals surface area contributed by atoms with Crippen molar-refractivity contribution in [3.8, 4) is 0 Å². The maximum absolute atomic E-state index is 11.6. The van der Waals surface area contributed by atoms with Gasteiger partial charge in [0, 0.05) is 29.8 Å². The summed E-state index contributed by atoms with van der Waals surface area (Å²) in [6.07, 6.45) is 1.80. The Kier molecular flexibility index (Phi) is 5.06. The summed E-state index contributed by atoms with van der Waals surface area (Å²) in [4.78, 5) is 28.3. The molecule has 23 heavy (non-hydrogen) atoms. The van der Waals surface area contributed by atoms with E-state index in [0.717, 1.165) is 9.22 Å². The molecule has 6 nitrogen and oxygen atoms in total. The quantitative estimate of drug-likeness (QED) is 0.668. The molecule has 8 heteroatoms. The van der Waals surface area contributed by atoms with Crippen LogP contribution in [0, 0.1) is 10.1 Å². The number of hydrogen-bond donors (Lipinski definition) is 1. The molecule has 0 saturated carbocycles. The van der Waals surface area contributed by atoms with Crippen LogP contribution in [0.5, 0.6) is 0 Å². The summed E-state index contributed by atoms with van der Waals surface area (Å²) >= 11 is 2.76. The summed E-state index contributed by atoms with van der Waals surface area (Å²) in [6.45, 7) is 6.28. The average molecular weight is 351 g/mol. The van der Waals surface area contributed by atoms with Crippen molar-refractivity contribution < 1.29 is 9.72 Å². The van der Waals surface area contributed by atoms with Gasteiger partial charge in [-0.2, -0.15) is 0 Å². The van der Waals surface area contributed by atoms with Crippen LogP contribution in [0.25, 0.3) is 0 Å². The van der Waals surface area contributed by atoms with E-state index in [1.807, 2.05) is 0 Å². The van der Waals surface area contributed by atoms with Gasteiger partial charge in [-0.05, 0) is 17.5 Å². The third-order valence-electron chi connectivity index (χ3n) is 3.07. The fraction of sp³-hybridized carbons (Fsp3) is 0.333. The minimum Gasteiger partial charge on any atom is -0.355 e. The van der Waals surface area contributed by atoms with Crippen LogP contribution in [0.4, 0.5) is 5.69 Å². The van der Waals surface area contributed by atoms with Gasteiger partial charge in [0.05, 0.1) is 9.82 Å². The largest absolute Gasteiger partial charge is 0.355 e. The lowest BCUT2D eigenvalue weighted by atomic mass is 9.96. The SMILES string of the molecule is CNC(=O)c1ccc(Sc2ncc(C(C)(C)C)s2)c([N+](=O)[O-])c1. The Bertz CT molecular complexity index is 751. The molecule has 0 bridgehead atoms. The van der Waals surface area contributed by atoms with Crippen LogP contribution in [0.1, 0.15) is 36.0 Å². The second kappa shape index (κ2) is 6.67. The molecular formula is C15H17N3O3S2. The van der Waals surface area contributed by atoms with Gasteiger partial charge in [0.15, 0.2) is 4.34 Å². The van der Waals surface area contributed by atoms with Crippen molar-refractivity contribution in [3.05, 3.63) is 45.0 Å². The van der Waals surface area contributed by atoms with Crippen molar-refractivity contribution >= 4 is 34.7 Å². The Morgan fingerprint density at radius 2 is 2.09 bits per heavy atom. The predicted molar refractivity (Wildman–Crippen MR) is 91.4 cm³/mol. The number of aromatic nitrogens is 1. The first kappa shape index (κ1) is 17.4. The second-order valence-electron chi connectivity index (χ2n) is 5.86. The Morgan fingerprint density at radius 1 is 1.39 bits per heavy atom. The summed E-state index contributed by atoms with van der Waals surface area (Å²) in [5, 5.41) is 13.7. The number of nitro benzene ring substituents is 1. The number of nitrogens with zero attached hydrogens (tertiary/aromatic N) is 2. The van der Waals surface area contributed by atoms with Crippen molar-refractivity contribution in [2.75, 3.05) is 7.05 Å². The first-order chi connectivity index (χ1) is 10.7. The number of nitro groups is 1. The normalized spacial score (nSPS) is 11.3. The molecule has 0 aliphatic carbocycles.